The lowest BCUT2D eigenvalue weighted by atomic mass is 9.50. The topological polar surface area (TPSA) is 0 Å². The fourth-order valence-electron chi connectivity index (χ4n) is 7.55. The third-order valence-electron chi connectivity index (χ3n) is 8.96. The molecule has 2 bridgehead atoms. The standard InChI is InChI=1S/C29H38S2/c1-27(2)18-26(31-20-23-12-8-5-9-13-23)29-17-15-25(28(3,21-29)16-14-24(27)29)30-19-22-10-6-4-7-11-22/h4-13,24-26H,14-21H2,1-3H3/t24-,25+,26-,28+,29-/m0/s1. The third kappa shape index (κ3) is 4.12. The van der Waals surface area contributed by atoms with Crippen molar-refractivity contribution in [2.24, 2.45) is 22.2 Å². The highest BCUT2D eigenvalue weighted by Gasteiger charge is 2.64. The molecule has 0 unspecified atom stereocenters. The Labute approximate surface area is 198 Å². The van der Waals surface area contributed by atoms with E-state index in [-0.39, 0.29) is 0 Å². The van der Waals surface area contributed by atoms with Crippen LogP contribution < -0.4 is 0 Å². The molecule has 3 saturated carbocycles. The molecule has 0 nitrogen and oxygen atoms in total. The molecule has 0 amide bonds. The monoisotopic (exact) mass is 450 g/mol. The van der Waals surface area contributed by atoms with Gasteiger partial charge < -0.3 is 0 Å². The van der Waals surface area contributed by atoms with Crippen molar-refractivity contribution in [3.63, 3.8) is 0 Å². The van der Waals surface area contributed by atoms with Gasteiger partial charge in [-0.2, -0.15) is 23.5 Å². The highest BCUT2D eigenvalue weighted by Crippen LogP contribution is 2.72. The molecule has 5 rings (SSSR count). The molecule has 0 aromatic heterocycles. The molecular formula is C29H38S2. The van der Waals surface area contributed by atoms with Gasteiger partial charge in [-0.15, -0.1) is 0 Å². The minimum Gasteiger partial charge on any atom is -0.153 e. The number of fused-ring (bicyclic) bond motifs is 1. The van der Waals surface area contributed by atoms with Crippen molar-refractivity contribution in [2.45, 2.75) is 81.3 Å². The van der Waals surface area contributed by atoms with Gasteiger partial charge in [-0.1, -0.05) is 81.4 Å². The average molecular weight is 451 g/mol. The van der Waals surface area contributed by atoms with Crippen LogP contribution in [-0.2, 0) is 11.5 Å². The second-order valence-electron chi connectivity index (χ2n) is 11.5. The molecule has 0 saturated heterocycles. The van der Waals surface area contributed by atoms with Crippen molar-refractivity contribution in [3.05, 3.63) is 71.8 Å². The fourth-order valence-corrected chi connectivity index (χ4v) is 10.9. The van der Waals surface area contributed by atoms with Gasteiger partial charge in [0.25, 0.3) is 0 Å². The van der Waals surface area contributed by atoms with Gasteiger partial charge in [-0.05, 0) is 71.8 Å². The summed E-state index contributed by atoms with van der Waals surface area (Å²) in [5.74, 6) is 3.27. The number of hydrogen-bond acceptors (Lipinski definition) is 2. The van der Waals surface area contributed by atoms with E-state index < -0.39 is 0 Å². The van der Waals surface area contributed by atoms with Crippen molar-refractivity contribution in [1.82, 2.24) is 0 Å². The quantitative estimate of drug-likeness (QED) is 0.432. The highest BCUT2D eigenvalue weighted by atomic mass is 32.2. The Hall–Kier alpha value is -0.860. The van der Waals surface area contributed by atoms with Gasteiger partial charge >= 0.3 is 0 Å². The maximum absolute atomic E-state index is 2.65. The number of hydrogen-bond donors (Lipinski definition) is 0. The van der Waals surface area contributed by atoms with E-state index in [1.807, 2.05) is 0 Å². The molecule has 5 atom stereocenters. The first-order valence-corrected chi connectivity index (χ1v) is 14.3. The summed E-state index contributed by atoms with van der Waals surface area (Å²) < 4.78 is 0. The summed E-state index contributed by atoms with van der Waals surface area (Å²) in [6, 6.07) is 22.3. The molecule has 2 heteroatoms. The molecule has 2 aromatic carbocycles. The van der Waals surface area contributed by atoms with Crippen LogP contribution in [0.2, 0.25) is 0 Å². The summed E-state index contributed by atoms with van der Waals surface area (Å²) in [4.78, 5) is 0. The fraction of sp³-hybridized carbons (Fsp3) is 0.586. The second kappa shape index (κ2) is 8.49. The molecule has 3 fully saturated rings. The van der Waals surface area contributed by atoms with E-state index in [9.17, 15) is 0 Å². The van der Waals surface area contributed by atoms with Crippen molar-refractivity contribution < 1.29 is 0 Å². The zero-order chi connectivity index (χ0) is 21.5. The predicted octanol–water partition coefficient (Wildman–Crippen LogP) is 8.61. The molecule has 3 aliphatic carbocycles. The molecular weight excluding hydrogens is 412 g/mol. The Kier molecular flexibility index (Phi) is 6.01. The average Bonchev–Trinajstić information content (AvgIpc) is 2.98. The van der Waals surface area contributed by atoms with Crippen LogP contribution in [-0.4, -0.2) is 10.5 Å². The van der Waals surface area contributed by atoms with Crippen molar-refractivity contribution in [2.75, 3.05) is 0 Å². The van der Waals surface area contributed by atoms with Crippen LogP contribution in [0.5, 0.6) is 0 Å². The van der Waals surface area contributed by atoms with E-state index in [0.29, 0.717) is 16.2 Å². The van der Waals surface area contributed by atoms with Gasteiger partial charge in [0.2, 0.25) is 0 Å². The number of benzene rings is 2. The highest BCUT2D eigenvalue weighted by molar-refractivity contribution is 7.99. The molecule has 0 heterocycles. The minimum absolute atomic E-state index is 0.500. The molecule has 3 aliphatic rings. The van der Waals surface area contributed by atoms with Crippen LogP contribution in [0.1, 0.15) is 70.4 Å². The van der Waals surface area contributed by atoms with Gasteiger partial charge in [0.15, 0.2) is 0 Å². The Morgan fingerprint density at radius 3 is 1.94 bits per heavy atom. The Bertz CT molecular complexity index is 876. The summed E-state index contributed by atoms with van der Waals surface area (Å²) in [6.45, 7) is 7.82. The van der Waals surface area contributed by atoms with E-state index in [1.165, 1.54) is 61.2 Å². The van der Waals surface area contributed by atoms with Crippen LogP contribution in [0.15, 0.2) is 60.7 Å². The summed E-state index contributed by atoms with van der Waals surface area (Å²) >= 11 is 4.54. The molecule has 2 aromatic rings. The summed E-state index contributed by atoms with van der Waals surface area (Å²) in [5, 5.41) is 1.65. The van der Waals surface area contributed by atoms with E-state index in [1.54, 1.807) is 0 Å². The summed E-state index contributed by atoms with van der Waals surface area (Å²) in [6.07, 6.45) is 8.64. The van der Waals surface area contributed by atoms with E-state index in [0.717, 1.165) is 16.4 Å². The maximum atomic E-state index is 2.65. The van der Waals surface area contributed by atoms with Crippen molar-refractivity contribution in [3.8, 4) is 0 Å². The lowest BCUT2D eigenvalue weighted by Crippen LogP contribution is -2.52. The van der Waals surface area contributed by atoms with Crippen LogP contribution in [0, 0.1) is 22.2 Å². The van der Waals surface area contributed by atoms with E-state index in [4.69, 9.17) is 0 Å². The summed E-state index contributed by atoms with van der Waals surface area (Å²) in [5.41, 5.74) is 4.57. The molecule has 0 radical (unpaired) electrons. The molecule has 166 valence electrons. The normalized spacial score (nSPS) is 36.2. The Balaban J connectivity index is 1.33. The lowest BCUT2D eigenvalue weighted by Gasteiger charge is -2.59. The van der Waals surface area contributed by atoms with Crippen molar-refractivity contribution in [1.29, 1.82) is 0 Å². The van der Waals surface area contributed by atoms with Gasteiger partial charge in [-0.3, -0.25) is 0 Å². The first-order valence-electron chi connectivity index (χ1n) is 12.2. The van der Waals surface area contributed by atoms with Gasteiger partial charge in [-0.25, -0.2) is 0 Å². The zero-order valence-corrected chi connectivity index (χ0v) is 21.1. The molecule has 1 spiro atoms. The molecule has 31 heavy (non-hydrogen) atoms. The van der Waals surface area contributed by atoms with Gasteiger partial charge in [0.1, 0.15) is 0 Å². The van der Waals surface area contributed by atoms with Crippen LogP contribution in [0.3, 0.4) is 0 Å². The van der Waals surface area contributed by atoms with Crippen LogP contribution >= 0.6 is 23.5 Å². The van der Waals surface area contributed by atoms with Crippen LogP contribution in [0.25, 0.3) is 0 Å². The van der Waals surface area contributed by atoms with Gasteiger partial charge in [0.05, 0.1) is 0 Å². The number of thioether (sulfide) groups is 2. The Morgan fingerprint density at radius 2 is 1.32 bits per heavy atom. The summed E-state index contributed by atoms with van der Waals surface area (Å²) in [7, 11) is 0. The smallest absolute Gasteiger partial charge is 0.0187 e. The van der Waals surface area contributed by atoms with E-state index >= 15 is 0 Å². The molecule has 0 N–H and O–H groups in total. The van der Waals surface area contributed by atoms with E-state index in [2.05, 4.69) is 105 Å². The van der Waals surface area contributed by atoms with Crippen LogP contribution in [0.4, 0.5) is 0 Å². The lowest BCUT2D eigenvalue weighted by molar-refractivity contribution is -0.0375. The number of rotatable bonds is 6. The first-order chi connectivity index (χ1) is 14.9. The van der Waals surface area contributed by atoms with Gasteiger partial charge in [0, 0.05) is 22.0 Å². The minimum atomic E-state index is 0.500. The van der Waals surface area contributed by atoms with Crippen molar-refractivity contribution >= 4 is 23.5 Å². The Morgan fingerprint density at radius 1 is 0.742 bits per heavy atom. The maximum Gasteiger partial charge on any atom is 0.0187 e. The predicted molar refractivity (Wildman–Crippen MR) is 139 cm³/mol. The largest absolute Gasteiger partial charge is 0.153 e. The second-order valence-corrected chi connectivity index (χ2v) is 13.8. The first kappa shape index (κ1) is 22.0. The zero-order valence-electron chi connectivity index (χ0n) is 19.5. The SMILES string of the molecule is CC1(C)C[C@H](SCc2ccccc2)[C@]23CC[C@@H](SCc4ccccc4)[C@](C)(CC[C@@H]12)C3. The molecule has 0 aliphatic heterocycles. The third-order valence-corrected chi connectivity index (χ3v) is 12.2.